The summed E-state index contributed by atoms with van der Waals surface area (Å²) >= 11 is 0. The van der Waals surface area contributed by atoms with Crippen LogP contribution in [0, 0.1) is 25.2 Å². The normalized spacial score (nSPS) is 16.6. The zero-order valence-corrected chi connectivity index (χ0v) is 12.0. The minimum absolute atomic E-state index is 0.0839. The molecule has 1 aliphatic heterocycles. The summed E-state index contributed by atoms with van der Waals surface area (Å²) in [4.78, 5) is 12.2. The molecule has 0 saturated heterocycles. The zero-order valence-electron chi connectivity index (χ0n) is 12.0. The quantitative estimate of drug-likeness (QED) is 0.888. The molecule has 0 radical (unpaired) electrons. The molecular weight excluding hydrogens is 264 g/mol. The van der Waals surface area contributed by atoms with Gasteiger partial charge < -0.3 is 15.2 Å². The van der Waals surface area contributed by atoms with Gasteiger partial charge in [0.15, 0.2) is 0 Å². The largest absolute Gasteiger partial charge is 0.361 e. The predicted molar refractivity (Wildman–Crippen MR) is 79.8 cm³/mol. The summed E-state index contributed by atoms with van der Waals surface area (Å²) in [6, 6.07) is 11.6. The summed E-state index contributed by atoms with van der Waals surface area (Å²) in [6.07, 6.45) is -0.272. The van der Waals surface area contributed by atoms with Gasteiger partial charge in [0.05, 0.1) is 11.6 Å². The van der Waals surface area contributed by atoms with Gasteiger partial charge in [-0.25, -0.2) is 0 Å². The topological polar surface area (TPSA) is 69.8 Å². The molecular formula is C16H16N4O. The molecule has 3 rings (SSSR count). The zero-order chi connectivity index (χ0) is 15.0. The molecule has 1 atom stereocenters. The molecule has 1 aromatic heterocycles. The van der Waals surface area contributed by atoms with Gasteiger partial charge in [0.2, 0.25) is 0 Å². The van der Waals surface area contributed by atoms with E-state index in [2.05, 4.69) is 16.7 Å². The van der Waals surface area contributed by atoms with Gasteiger partial charge in [-0.05, 0) is 32.0 Å². The highest BCUT2D eigenvalue weighted by atomic mass is 16.2. The van der Waals surface area contributed by atoms with Crippen molar-refractivity contribution >= 4 is 11.6 Å². The van der Waals surface area contributed by atoms with E-state index in [1.165, 1.54) is 0 Å². The van der Waals surface area contributed by atoms with E-state index in [-0.39, 0.29) is 12.1 Å². The number of hydrogen-bond acceptors (Lipinski definition) is 3. The van der Waals surface area contributed by atoms with E-state index < -0.39 is 0 Å². The van der Waals surface area contributed by atoms with Crippen molar-refractivity contribution in [1.82, 2.24) is 9.88 Å². The van der Waals surface area contributed by atoms with Crippen LogP contribution in [0.2, 0.25) is 0 Å². The number of amides is 1. The number of fused-ring (bicyclic) bond motifs is 1. The van der Waals surface area contributed by atoms with Crippen molar-refractivity contribution in [3.05, 3.63) is 52.8 Å². The Morgan fingerprint density at radius 2 is 2.05 bits per heavy atom. The first-order valence-corrected chi connectivity index (χ1v) is 6.82. The number of aryl methyl sites for hydroxylation is 1. The van der Waals surface area contributed by atoms with Gasteiger partial charge in [0.1, 0.15) is 12.7 Å². The number of nitrogens with one attached hydrogen (secondary N) is 2. The smallest absolute Gasteiger partial charge is 0.255 e. The molecule has 0 bridgehead atoms. The first-order valence-electron chi connectivity index (χ1n) is 6.82. The van der Waals surface area contributed by atoms with E-state index in [0.717, 1.165) is 22.6 Å². The Bertz CT molecular complexity index is 754. The summed E-state index contributed by atoms with van der Waals surface area (Å²) < 4.78 is 1.95. The first-order chi connectivity index (χ1) is 10.1. The van der Waals surface area contributed by atoms with Crippen LogP contribution in [0.1, 0.15) is 33.5 Å². The number of carbonyl (C=O) groups excluding carboxylic acids is 1. The van der Waals surface area contributed by atoms with Crippen LogP contribution >= 0.6 is 0 Å². The lowest BCUT2D eigenvalue weighted by molar-refractivity contribution is 0.0935. The van der Waals surface area contributed by atoms with Crippen LogP contribution in [-0.4, -0.2) is 10.5 Å². The monoisotopic (exact) mass is 280 g/mol. The molecule has 0 unspecified atom stereocenters. The molecule has 5 nitrogen and oxygen atoms in total. The number of para-hydroxylation sites is 1. The average molecular weight is 280 g/mol. The van der Waals surface area contributed by atoms with Gasteiger partial charge in [0, 0.05) is 22.6 Å². The lowest BCUT2D eigenvalue weighted by atomic mass is 10.1. The second-order valence-electron chi connectivity index (χ2n) is 5.17. The Balaban J connectivity index is 1.99. The number of benzene rings is 1. The van der Waals surface area contributed by atoms with Gasteiger partial charge in [-0.15, -0.1) is 0 Å². The Kier molecular flexibility index (Phi) is 3.15. The molecule has 2 N–H and O–H groups in total. The van der Waals surface area contributed by atoms with E-state index in [9.17, 15) is 4.79 Å². The fourth-order valence-electron chi connectivity index (χ4n) is 2.80. The average Bonchev–Trinajstić information content (AvgIpc) is 2.76. The Hall–Kier alpha value is -2.74. The molecule has 106 valence electrons. The second kappa shape index (κ2) is 4.98. The maximum Gasteiger partial charge on any atom is 0.255 e. The first kappa shape index (κ1) is 13.3. The summed E-state index contributed by atoms with van der Waals surface area (Å²) in [5.74, 6) is -0.0839. The van der Waals surface area contributed by atoms with Gasteiger partial charge >= 0.3 is 0 Å². The standard InChI is InChI=1S/C16H16N4O/c1-10-9-13(11(2)20(10)8-7-17)15-18-14-6-4-3-5-12(14)16(21)19-15/h3-6,9,15,18H,8H2,1-2H3,(H,19,21)/t15-/m0/s1. The van der Waals surface area contributed by atoms with Crippen LogP contribution in [0.3, 0.4) is 0 Å². The molecule has 0 saturated carbocycles. The highest BCUT2D eigenvalue weighted by Crippen LogP contribution is 2.29. The lowest BCUT2D eigenvalue weighted by Gasteiger charge is -2.28. The molecule has 0 aliphatic carbocycles. The van der Waals surface area contributed by atoms with Gasteiger partial charge in [0.25, 0.3) is 5.91 Å². The van der Waals surface area contributed by atoms with Crippen LogP contribution < -0.4 is 10.6 Å². The third-order valence-electron chi connectivity index (χ3n) is 3.90. The van der Waals surface area contributed by atoms with Crippen molar-refractivity contribution in [2.75, 3.05) is 5.32 Å². The van der Waals surface area contributed by atoms with Crippen molar-refractivity contribution in [3.63, 3.8) is 0 Å². The molecule has 1 aliphatic rings. The predicted octanol–water partition coefficient (Wildman–Crippen LogP) is 2.48. The molecule has 0 spiro atoms. The van der Waals surface area contributed by atoms with Crippen LogP contribution in [0.25, 0.3) is 0 Å². The number of anilines is 1. The third kappa shape index (κ3) is 2.15. The highest BCUT2D eigenvalue weighted by Gasteiger charge is 2.26. The van der Waals surface area contributed by atoms with Crippen molar-refractivity contribution < 1.29 is 4.79 Å². The van der Waals surface area contributed by atoms with E-state index >= 15 is 0 Å². The van der Waals surface area contributed by atoms with Crippen molar-refractivity contribution in [2.24, 2.45) is 0 Å². The highest BCUT2D eigenvalue weighted by molar-refractivity contribution is 6.01. The molecule has 2 heterocycles. The van der Waals surface area contributed by atoms with E-state index in [1.807, 2.05) is 42.7 Å². The van der Waals surface area contributed by atoms with Crippen LogP contribution in [0.15, 0.2) is 30.3 Å². The van der Waals surface area contributed by atoms with E-state index in [4.69, 9.17) is 5.26 Å². The van der Waals surface area contributed by atoms with Crippen molar-refractivity contribution in [1.29, 1.82) is 5.26 Å². The van der Waals surface area contributed by atoms with Crippen molar-refractivity contribution in [2.45, 2.75) is 26.6 Å². The summed E-state index contributed by atoms with van der Waals surface area (Å²) in [6.45, 7) is 4.25. The number of nitriles is 1. The number of carbonyl (C=O) groups is 1. The van der Waals surface area contributed by atoms with Crippen LogP contribution in [0.5, 0.6) is 0 Å². The molecule has 0 fully saturated rings. The molecule has 1 amide bonds. The van der Waals surface area contributed by atoms with E-state index in [0.29, 0.717) is 12.1 Å². The maximum atomic E-state index is 12.2. The third-order valence-corrected chi connectivity index (χ3v) is 3.90. The molecule has 2 aromatic rings. The Morgan fingerprint density at radius 3 is 2.81 bits per heavy atom. The maximum absolute atomic E-state index is 12.2. The number of nitrogens with zero attached hydrogens (tertiary/aromatic N) is 2. The minimum atomic E-state index is -0.272. The summed E-state index contributed by atoms with van der Waals surface area (Å²) in [7, 11) is 0. The summed E-state index contributed by atoms with van der Waals surface area (Å²) in [5.41, 5.74) is 4.48. The number of rotatable bonds is 2. The second-order valence-corrected chi connectivity index (χ2v) is 5.17. The minimum Gasteiger partial charge on any atom is -0.361 e. The van der Waals surface area contributed by atoms with Crippen molar-refractivity contribution in [3.8, 4) is 6.07 Å². The molecule has 1 aromatic carbocycles. The molecule has 21 heavy (non-hydrogen) atoms. The Labute approximate surface area is 123 Å². The Morgan fingerprint density at radius 1 is 1.29 bits per heavy atom. The molecule has 5 heteroatoms. The lowest BCUT2D eigenvalue weighted by Crippen LogP contribution is -2.38. The SMILES string of the molecule is Cc1cc([C@@H]2NC(=O)c3ccccc3N2)c(C)n1CC#N. The number of hydrogen-bond donors (Lipinski definition) is 2. The summed E-state index contributed by atoms with van der Waals surface area (Å²) in [5, 5.41) is 15.2. The fourth-order valence-corrected chi connectivity index (χ4v) is 2.80. The number of aromatic nitrogens is 1. The van der Waals surface area contributed by atoms with Gasteiger partial charge in [-0.1, -0.05) is 12.1 Å². The van der Waals surface area contributed by atoms with E-state index in [1.54, 1.807) is 6.07 Å². The van der Waals surface area contributed by atoms with Crippen LogP contribution in [0.4, 0.5) is 5.69 Å². The van der Waals surface area contributed by atoms with Gasteiger partial charge in [-0.3, -0.25) is 4.79 Å². The fraction of sp³-hybridized carbons (Fsp3) is 0.250. The van der Waals surface area contributed by atoms with Gasteiger partial charge in [-0.2, -0.15) is 5.26 Å². The van der Waals surface area contributed by atoms with Crippen LogP contribution in [-0.2, 0) is 6.54 Å².